The maximum Gasteiger partial charge on any atom is 0.235 e. The van der Waals surface area contributed by atoms with Crippen LogP contribution in [-0.4, -0.2) is 33.0 Å². The zero-order chi connectivity index (χ0) is 20.1. The maximum absolute atomic E-state index is 6.03. The third-order valence-electron chi connectivity index (χ3n) is 4.96. The Hall–Kier alpha value is -3.59. The first-order valence-corrected chi connectivity index (χ1v) is 10.3. The first-order chi connectivity index (χ1) is 14.8. The number of para-hydroxylation sites is 1. The van der Waals surface area contributed by atoms with Gasteiger partial charge in [-0.05, 0) is 25.1 Å². The van der Waals surface area contributed by atoms with Crippen LogP contribution in [0.5, 0.6) is 17.2 Å². The highest BCUT2D eigenvalue weighted by Crippen LogP contribution is 2.35. The predicted molar refractivity (Wildman–Crippen MR) is 110 cm³/mol. The van der Waals surface area contributed by atoms with Crippen molar-refractivity contribution in [3.63, 3.8) is 0 Å². The van der Waals surface area contributed by atoms with E-state index < -0.39 is 0 Å². The van der Waals surface area contributed by atoms with E-state index in [1.165, 1.54) is 11.3 Å². The summed E-state index contributed by atoms with van der Waals surface area (Å²) in [5.74, 6) is 3.38. The van der Waals surface area contributed by atoms with Crippen molar-refractivity contribution < 1.29 is 18.6 Å². The fraction of sp³-hybridized carbons (Fsp3) is 0.190. The molecule has 0 aliphatic carbocycles. The van der Waals surface area contributed by atoms with Crippen molar-refractivity contribution in [1.29, 1.82) is 0 Å². The summed E-state index contributed by atoms with van der Waals surface area (Å²) < 4.78 is 24.8. The molecule has 8 nitrogen and oxygen atoms in total. The minimum Gasteiger partial charge on any atom is -0.486 e. The van der Waals surface area contributed by atoms with E-state index in [0.717, 1.165) is 27.3 Å². The Balaban J connectivity index is 1.28. The monoisotopic (exact) mass is 420 g/mol. The van der Waals surface area contributed by atoms with E-state index in [1.54, 1.807) is 4.52 Å². The molecule has 2 aromatic carbocycles. The molecule has 0 bridgehead atoms. The van der Waals surface area contributed by atoms with E-state index in [-0.39, 0.29) is 0 Å². The van der Waals surface area contributed by atoms with Gasteiger partial charge >= 0.3 is 0 Å². The van der Waals surface area contributed by atoms with Crippen LogP contribution in [-0.2, 0) is 6.61 Å². The lowest BCUT2D eigenvalue weighted by Crippen LogP contribution is -2.15. The van der Waals surface area contributed by atoms with E-state index >= 15 is 0 Å². The van der Waals surface area contributed by atoms with Gasteiger partial charge in [0.05, 0.1) is 0 Å². The Morgan fingerprint density at radius 2 is 1.93 bits per heavy atom. The summed E-state index contributed by atoms with van der Waals surface area (Å²) in [5.41, 5.74) is 1.83. The van der Waals surface area contributed by atoms with Gasteiger partial charge in [-0.2, -0.15) is 9.61 Å². The van der Waals surface area contributed by atoms with Gasteiger partial charge in [-0.1, -0.05) is 29.5 Å². The Morgan fingerprint density at radius 3 is 2.83 bits per heavy atom. The standard InChI is InChI=1S/C21H16N4O4S/c1-12-14-4-2-3-5-15(14)29-19(12)20-22-23-21-25(20)24-18(30-21)11-28-13-6-7-16-17(10-13)27-9-8-26-16/h2-7,10H,8-9,11H2,1H3. The zero-order valence-electron chi connectivity index (χ0n) is 16.0. The molecule has 0 amide bonds. The Morgan fingerprint density at radius 1 is 1.07 bits per heavy atom. The highest BCUT2D eigenvalue weighted by molar-refractivity contribution is 7.16. The fourth-order valence-corrected chi connectivity index (χ4v) is 4.25. The average Bonchev–Trinajstić information content (AvgIpc) is 3.45. The minimum absolute atomic E-state index is 0.312. The summed E-state index contributed by atoms with van der Waals surface area (Å²) in [6.07, 6.45) is 0. The lowest BCUT2D eigenvalue weighted by Gasteiger charge is -2.18. The van der Waals surface area contributed by atoms with Crippen LogP contribution in [0, 0.1) is 6.92 Å². The predicted octanol–water partition coefficient (Wildman–Crippen LogP) is 4.26. The van der Waals surface area contributed by atoms with Gasteiger partial charge in [-0.3, -0.25) is 0 Å². The van der Waals surface area contributed by atoms with Crippen molar-refractivity contribution in [2.24, 2.45) is 0 Å². The SMILES string of the molecule is Cc1c(-c2nnc3sc(COc4ccc5c(c4)OCCO5)nn23)oc2ccccc12. The Labute approximate surface area is 174 Å². The molecule has 150 valence electrons. The molecule has 0 saturated carbocycles. The summed E-state index contributed by atoms with van der Waals surface area (Å²) in [7, 11) is 0. The largest absolute Gasteiger partial charge is 0.486 e. The molecule has 5 aromatic rings. The molecule has 6 rings (SSSR count). The molecule has 0 fully saturated rings. The molecule has 0 N–H and O–H groups in total. The van der Waals surface area contributed by atoms with Crippen molar-refractivity contribution in [3.8, 4) is 28.8 Å². The van der Waals surface area contributed by atoms with Crippen molar-refractivity contribution in [2.75, 3.05) is 13.2 Å². The number of fused-ring (bicyclic) bond motifs is 3. The van der Waals surface area contributed by atoms with Crippen LogP contribution in [0.4, 0.5) is 0 Å². The van der Waals surface area contributed by atoms with Crippen LogP contribution in [0.2, 0.25) is 0 Å². The van der Waals surface area contributed by atoms with E-state index in [9.17, 15) is 0 Å². The highest BCUT2D eigenvalue weighted by atomic mass is 32.1. The van der Waals surface area contributed by atoms with Gasteiger partial charge in [0.25, 0.3) is 0 Å². The smallest absolute Gasteiger partial charge is 0.235 e. The zero-order valence-corrected chi connectivity index (χ0v) is 16.8. The van der Waals surface area contributed by atoms with Gasteiger partial charge in [0.1, 0.15) is 31.2 Å². The number of hydrogen-bond donors (Lipinski definition) is 0. The fourth-order valence-electron chi connectivity index (χ4n) is 3.50. The van der Waals surface area contributed by atoms with Crippen LogP contribution < -0.4 is 14.2 Å². The first kappa shape index (κ1) is 17.3. The number of hydrogen-bond acceptors (Lipinski definition) is 8. The summed E-state index contributed by atoms with van der Waals surface area (Å²) in [5, 5.41) is 15.0. The Bertz CT molecular complexity index is 1390. The number of rotatable bonds is 4. The van der Waals surface area contributed by atoms with Gasteiger partial charge < -0.3 is 18.6 Å². The highest BCUT2D eigenvalue weighted by Gasteiger charge is 2.20. The number of ether oxygens (including phenoxy) is 3. The molecule has 0 atom stereocenters. The summed E-state index contributed by atoms with van der Waals surface area (Å²) in [4.78, 5) is 0.686. The molecule has 4 heterocycles. The Kier molecular flexibility index (Phi) is 3.88. The number of aryl methyl sites for hydroxylation is 1. The molecule has 0 spiro atoms. The second-order valence-corrected chi connectivity index (χ2v) is 7.90. The van der Waals surface area contributed by atoms with Crippen molar-refractivity contribution in [3.05, 3.63) is 53.0 Å². The lowest BCUT2D eigenvalue weighted by molar-refractivity contribution is 0.170. The normalized spacial score (nSPS) is 13.2. The topological polar surface area (TPSA) is 83.9 Å². The number of aromatic nitrogens is 4. The van der Waals surface area contributed by atoms with Crippen LogP contribution >= 0.6 is 11.3 Å². The molecule has 1 aliphatic heterocycles. The van der Waals surface area contributed by atoms with E-state index in [4.69, 9.17) is 18.6 Å². The molecule has 0 radical (unpaired) electrons. The van der Waals surface area contributed by atoms with Gasteiger partial charge in [0, 0.05) is 17.0 Å². The number of nitrogens with zero attached hydrogens (tertiary/aromatic N) is 4. The van der Waals surface area contributed by atoms with Gasteiger partial charge in [-0.15, -0.1) is 10.2 Å². The third kappa shape index (κ3) is 2.78. The first-order valence-electron chi connectivity index (χ1n) is 9.48. The average molecular weight is 420 g/mol. The third-order valence-corrected chi connectivity index (χ3v) is 5.83. The summed E-state index contributed by atoms with van der Waals surface area (Å²) in [6.45, 7) is 3.43. The second-order valence-electron chi connectivity index (χ2n) is 6.86. The molecule has 3 aromatic heterocycles. The van der Waals surface area contributed by atoms with E-state index in [1.807, 2.05) is 49.4 Å². The van der Waals surface area contributed by atoms with Crippen molar-refractivity contribution in [2.45, 2.75) is 13.5 Å². The number of furan rings is 1. The lowest BCUT2D eigenvalue weighted by atomic mass is 10.1. The molecule has 9 heteroatoms. The maximum atomic E-state index is 6.03. The minimum atomic E-state index is 0.312. The van der Waals surface area contributed by atoms with Crippen LogP contribution in [0.25, 0.3) is 27.5 Å². The molecular weight excluding hydrogens is 404 g/mol. The molecule has 0 saturated heterocycles. The van der Waals surface area contributed by atoms with Crippen LogP contribution in [0.1, 0.15) is 10.6 Å². The van der Waals surface area contributed by atoms with E-state index in [2.05, 4.69) is 15.3 Å². The van der Waals surface area contributed by atoms with Crippen LogP contribution in [0.15, 0.2) is 46.9 Å². The van der Waals surface area contributed by atoms with E-state index in [0.29, 0.717) is 47.9 Å². The summed E-state index contributed by atoms with van der Waals surface area (Å²) >= 11 is 1.43. The van der Waals surface area contributed by atoms with Crippen LogP contribution in [0.3, 0.4) is 0 Å². The second kappa shape index (κ2) is 6.74. The summed E-state index contributed by atoms with van der Waals surface area (Å²) in [6, 6.07) is 13.5. The molecule has 0 unspecified atom stereocenters. The number of benzene rings is 2. The molecule has 1 aliphatic rings. The van der Waals surface area contributed by atoms with Crippen molar-refractivity contribution in [1.82, 2.24) is 19.8 Å². The quantitative estimate of drug-likeness (QED) is 0.430. The molecular formula is C21H16N4O4S. The molecule has 30 heavy (non-hydrogen) atoms. The van der Waals surface area contributed by atoms with Gasteiger partial charge in [0.2, 0.25) is 10.8 Å². The van der Waals surface area contributed by atoms with Gasteiger partial charge in [0.15, 0.2) is 22.3 Å². The van der Waals surface area contributed by atoms with Crippen molar-refractivity contribution >= 4 is 27.3 Å². The van der Waals surface area contributed by atoms with Gasteiger partial charge in [-0.25, -0.2) is 0 Å².